The number of nitrogens with zero attached hydrogens (tertiary/aromatic N) is 1. The number of hydrogen-bond acceptors (Lipinski definition) is 7. The molecule has 9 heteroatoms. The molecule has 1 N–H and O–H groups in total. The predicted molar refractivity (Wildman–Crippen MR) is 148 cm³/mol. The van der Waals surface area contributed by atoms with Crippen LogP contribution >= 0.6 is 11.8 Å². The van der Waals surface area contributed by atoms with Crippen molar-refractivity contribution in [2.24, 2.45) is 0 Å². The van der Waals surface area contributed by atoms with Gasteiger partial charge in [0, 0.05) is 10.9 Å². The van der Waals surface area contributed by atoms with Crippen molar-refractivity contribution in [2.75, 3.05) is 6.26 Å². The van der Waals surface area contributed by atoms with Crippen molar-refractivity contribution in [2.45, 2.75) is 29.9 Å². The Morgan fingerprint density at radius 1 is 0.974 bits per heavy atom. The number of thioether (sulfide) groups is 1. The molecule has 1 unspecified atom stereocenters. The average molecular weight is 547 g/mol. The molecule has 1 atom stereocenters. The molecule has 0 saturated heterocycles. The number of furan rings is 1. The summed E-state index contributed by atoms with van der Waals surface area (Å²) in [6, 6.07) is 25.3. The fraction of sp³-hybridized carbons (Fsp3) is 0.172. The molecule has 38 heavy (non-hydrogen) atoms. The lowest BCUT2D eigenvalue weighted by Gasteiger charge is -2.15. The molecule has 3 aromatic carbocycles. The highest BCUT2D eigenvalue weighted by Gasteiger charge is 2.24. The number of benzene rings is 3. The van der Waals surface area contributed by atoms with Gasteiger partial charge in [0.15, 0.2) is 0 Å². The summed E-state index contributed by atoms with van der Waals surface area (Å²) in [4.78, 5) is 17.5. The summed E-state index contributed by atoms with van der Waals surface area (Å²) in [5.74, 6) is 1.52. The van der Waals surface area contributed by atoms with Crippen molar-refractivity contribution in [3.05, 3.63) is 108 Å². The molecule has 0 aliphatic heterocycles. The van der Waals surface area contributed by atoms with E-state index < -0.39 is 21.2 Å². The molecule has 0 saturated carbocycles. The Morgan fingerprint density at radius 2 is 1.68 bits per heavy atom. The Morgan fingerprint density at radius 3 is 2.39 bits per heavy atom. The number of sulfonamides is 1. The molecule has 5 rings (SSSR count). The standard InChI is InChI=1S/C29H26N2O5S2/c1-19-25(30-29(35-19)21-9-5-3-6-10-21)18-23-17-22-15-20(13-14-26(22)36-23)16-27(37-2)28(32)31-38(33,34)24-11-7-4-8-12-24/h3-15,17,27H,16,18H2,1-2H3,(H,31,32). The second-order valence-corrected chi connectivity index (χ2v) is 11.6. The van der Waals surface area contributed by atoms with Crippen molar-refractivity contribution >= 4 is 38.7 Å². The number of oxazole rings is 1. The lowest BCUT2D eigenvalue weighted by atomic mass is 10.1. The molecule has 0 spiro atoms. The minimum absolute atomic E-state index is 0.0544. The Bertz CT molecular complexity index is 1680. The van der Waals surface area contributed by atoms with Crippen LogP contribution in [0, 0.1) is 6.92 Å². The number of carbonyl (C=O) groups excluding carboxylic acids is 1. The lowest BCUT2D eigenvalue weighted by Crippen LogP contribution is -2.38. The highest BCUT2D eigenvalue weighted by Crippen LogP contribution is 2.27. The van der Waals surface area contributed by atoms with Crippen LogP contribution in [0.1, 0.15) is 22.8 Å². The number of aryl methyl sites for hydroxylation is 1. The van der Waals surface area contributed by atoms with E-state index in [2.05, 4.69) is 9.71 Å². The summed E-state index contributed by atoms with van der Waals surface area (Å²) in [7, 11) is -3.93. The summed E-state index contributed by atoms with van der Waals surface area (Å²) in [6.45, 7) is 1.89. The van der Waals surface area contributed by atoms with Gasteiger partial charge in [0.05, 0.1) is 22.3 Å². The lowest BCUT2D eigenvalue weighted by molar-refractivity contribution is -0.118. The Labute approximate surface area is 225 Å². The van der Waals surface area contributed by atoms with E-state index in [9.17, 15) is 13.2 Å². The Hall–Kier alpha value is -3.82. The van der Waals surface area contributed by atoms with E-state index in [0.29, 0.717) is 18.7 Å². The van der Waals surface area contributed by atoms with E-state index in [0.717, 1.165) is 39.3 Å². The first kappa shape index (κ1) is 25.8. The molecular weight excluding hydrogens is 520 g/mol. The molecule has 0 aliphatic rings. The normalized spacial score (nSPS) is 12.5. The monoisotopic (exact) mass is 546 g/mol. The van der Waals surface area contributed by atoms with E-state index in [-0.39, 0.29) is 4.90 Å². The molecule has 0 radical (unpaired) electrons. The zero-order chi connectivity index (χ0) is 26.7. The minimum Gasteiger partial charge on any atom is -0.461 e. The van der Waals surface area contributed by atoms with Gasteiger partial charge in [-0.3, -0.25) is 4.79 Å². The maximum Gasteiger partial charge on any atom is 0.264 e. The predicted octanol–water partition coefficient (Wildman–Crippen LogP) is 5.77. The number of hydrogen-bond donors (Lipinski definition) is 1. The molecule has 5 aromatic rings. The van der Waals surface area contributed by atoms with Gasteiger partial charge in [-0.25, -0.2) is 18.1 Å². The Balaban J connectivity index is 1.30. The van der Waals surface area contributed by atoms with Crippen LogP contribution < -0.4 is 4.72 Å². The van der Waals surface area contributed by atoms with Gasteiger partial charge in [0.1, 0.15) is 17.1 Å². The van der Waals surface area contributed by atoms with Crippen LogP contribution in [-0.4, -0.2) is 30.8 Å². The second kappa shape index (κ2) is 10.9. The molecule has 0 aliphatic carbocycles. The van der Waals surface area contributed by atoms with Crippen LogP contribution in [0.4, 0.5) is 0 Å². The molecule has 0 fully saturated rings. The van der Waals surface area contributed by atoms with Crippen LogP contribution in [0.2, 0.25) is 0 Å². The highest BCUT2D eigenvalue weighted by atomic mass is 32.2. The van der Waals surface area contributed by atoms with E-state index in [1.54, 1.807) is 24.5 Å². The van der Waals surface area contributed by atoms with E-state index in [4.69, 9.17) is 8.83 Å². The number of nitrogens with one attached hydrogen (secondary N) is 1. The fourth-order valence-electron chi connectivity index (χ4n) is 4.18. The minimum atomic E-state index is -3.93. The first-order chi connectivity index (χ1) is 18.3. The van der Waals surface area contributed by atoms with Crippen LogP contribution in [0.15, 0.2) is 98.7 Å². The number of amides is 1. The average Bonchev–Trinajstić information content (AvgIpc) is 3.50. The zero-order valence-corrected chi connectivity index (χ0v) is 22.5. The topological polar surface area (TPSA) is 102 Å². The van der Waals surface area contributed by atoms with Gasteiger partial charge < -0.3 is 8.83 Å². The smallest absolute Gasteiger partial charge is 0.264 e. The second-order valence-electron chi connectivity index (χ2n) is 8.86. The molecule has 2 heterocycles. The van der Waals surface area contributed by atoms with Crippen molar-refractivity contribution in [3.8, 4) is 11.5 Å². The third kappa shape index (κ3) is 5.69. The van der Waals surface area contributed by atoms with Gasteiger partial charge in [-0.2, -0.15) is 11.8 Å². The molecule has 7 nitrogen and oxygen atoms in total. The van der Waals surface area contributed by atoms with Crippen molar-refractivity contribution < 1.29 is 22.0 Å². The molecule has 0 bridgehead atoms. The molecule has 1 amide bonds. The van der Waals surface area contributed by atoms with E-state index in [1.165, 1.54) is 23.9 Å². The van der Waals surface area contributed by atoms with Crippen LogP contribution in [0.3, 0.4) is 0 Å². The quantitative estimate of drug-likeness (QED) is 0.251. The summed E-state index contributed by atoms with van der Waals surface area (Å²) in [5, 5.41) is 0.325. The summed E-state index contributed by atoms with van der Waals surface area (Å²) < 4.78 is 39.3. The van der Waals surface area contributed by atoms with Gasteiger partial charge in [-0.15, -0.1) is 0 Å². The molecular formula is C29H26N2O5S2. The first-order valence-electron chi connectivity index (χ1n) is 12.0. The zero-order valence-electron chi connectivity index (χ0n) is 20.9. The van der Waals surface area contributed by atoms with Gasteiger partial charge in [-0.1, -0.05) is 42.5 Å². The van der Waals surface area contributed by atoms with E-state index >= 15 is 0 Å². The van der Waals surface area contributed by atoms with Gasteiger partial charge in [0.2, 0.25) is 11.8 Å². The third-order valence-corrected chi connectivity index (χ3v) is 8.49. The van der Waals surface area contributed by atoms with Gasteiger partial charge in [0.25, 0.3) is 10.0 Å². The first-order valence-corrected chi connectivity index (χ1v) is 14.8. The largest absolute Gasteiger partial charge is 0.461 e. The summed E-state index contributed by atoms with van der Waals surface area (Å²) in [5.41, 5.74) is 3.35. The van der Waals surface area contributed by atoms with Crippen LogP contribution in [0.5, 0.6) is 0 Å². The fourth-order valence-corrected chi connectivity index (χ4v) is 5.92. The number of fused-ring (bicyclic) bond motifs is 1. The SMILES string of the molecule is CSC(Cc1ccc2oc(Cc3nc(-c4ccccc4)oc3C)cc2c1)C(=O)NS(=O)(=O)c1ccccc1. The molecule has 194 valence electrons. The highest BCUT2D eigenvalue weighted by molar-refractivity contribution is 8.00. The maximum atomic E-state index is 12.8. The Kier molecular flexibility index (Phi) is 7.40. The van der Waals surface area contributed by atoms with Crippen LogP contribution in [0.25, 0.3) is 22.4 Å². The van der Waals surface area contributed by atoms with Gasteiger partial charge >= 0.3 is 0 Å². The number of aromatic nitrogens is 1. The maximum absolute atomic E-state index is 12.8. The van der Waals surface area contributed by atoms with Crippen molar-refractivity contribution in [3.63, 3.8) is 0 Å². The van der Waals surface area contributed by atoms with Gasteiger partial charge in [-0.05, 0) is 67.6 Å². The molecule has 2 aromatic heterocycles. The summed E-state index contributed by atoms with van der Waals surface area (Å²) >= 11 is 1.30. The van der Waals surface area contributed by atoms with Crippen molar-refractivity contribution in [1.82, 2.24) is 9.71 Å². The van der Waals surface area contributed by atoms with E-state index in [1.807, 2.05) is 61.5 Å². The van der Waals surface area contributed by atoms with Crippen molar-refractivity contribution in [1.29, 1.82) is 0 Å². The third-order valence-electron chi connectivity index (χ3n) is 6.17. The van der Waals surface area contributed by atoms with Crippen LogP contribution in [-0.2, 0) is 27.7 Å². The summed E-state index contributed by atoms with van der Waals surface area (Å²) in [6.07, 6.45) is 2.65. The number of rotatable bonds is 9. The number of carbonyl (C=O) groups is 1.